The first-order valence-corrected chi connectivity index (χ1v) is 5.89. The van der Waals surface area contributed by atoms with E-state index in [1.807, 2.05) is 0 Å². The second kappa shape index (κ2) is 5.39. The van der Waals surface area contributed by atoms with Crippen LogP contribution in [-0.4, -0.2) is 30.5 Å². The van der Waals surface area contributed by atoms with Crippen molar-refractivity contribution in [2.24, 2.45) is 4.99 Å². The lowest BCUT2D eigenvalue weighted by molar-refractivity contribution is -0.137. The molecular formula is C10H12F3N3S. The second-order valence-corrected chi connectivity index (χ2v) is 3.97. The number of pyridine rings is 1. The molecular weight excluding hydrogens is 251 g/mol. The Balaban J connectivity index is 3.08. The van der Waals surface area contributed by atoms with Gasteiger partial charge in [0, 0.05) is 20.3 Å². The number of rotatable bonds is 1. The molecule has 0 aliphatic rings. The van der Waals surface area contributed by atoms with E-state index in [9.17, 15) is 13.2 Å². The zero-order valence-electron chi connectivity index (χ0n) is 9.62. The highest BCUT2D eigenvalue weighted by Gasteiger charge is 2.31. The van der Waals surface area contributed by atoms with E-state index in [-0.39, 0.29) is 0 Å². The van der Waals surface area contributed by atoms with E-state index in [4.69, 9.17) is 0 Å². The SMILES string of the molecule is CN=C(SC)N(C)c1cncc(C(F)(F)F)c1. The monoisotopic (exact) mass is 263 g/mol. The molecule has 1 aromatic rings. The molecule has 0 radical (unpaired) electrons. The number of hydrogen-bond donors (Lipinski definition) is 0. The predicted molar refractivity (Wildman–Crippen MR) is 64.5 cm³/mol. The van der Waals surface area contributed by atoms with Crippen molar-refractivity contribution >= 4 is 22.6 Å². The van der Waals surface area contributed by atoms with Crippen molar-refractivity contribution in [1.82, 2.24) is 4.98 Å². The summed E-state index contributed by atoms with van der Waals surface area (Å²) in [7, 11) is 3.24. The number of halogens is 3. The summed E-state index contributed by atoms with van der Waals surface area (Å²) in [5.74, 6) is 0. The van der Waals surface area contributed by atoms with Crippen molar-refractivity contribution in [3.8, 4) is 0 Å². The van der Waals surface area contributed by atoms with Gasteiger partial charge in [0.05, 0.1) is 17.4 Å². The average Bonchev–Trinajstić information content (AvgIpc) is 2.29. The normalized spacial score (nSPS) is 12.7. The zero-order valence-corrected chi connectivity index (χ0v) is 10.4. The fourth-order valence-electron chi connectivity index (χ4n) is 1.25. The van der Waals surface area contributed by atoms with E-state index in [2.05, 4.69) is 9.98 Å². The lowest BCUT2D eigenvalue weighted by Gasteiger charge is -2.20. The van der Waals surface area contributed by atoms with Crippen LogP contribution < -0.4 is 4.90 Å². The Morgan fingerprint density at radius 2 is 2.06 bits per heavy atom. The smallest absolute Gasteiger partial charge is 0.323 e. The number of amidine groups is 1. The first-order valence-electron chi connectivity index (χ1n) is 4.67. The van der Waals surface area contributed by atoms with E-state index in [0.29, 0.717) is 10.9 Å². The molecule has 3 nitrogen and oxygen atoms in total. The largest absolute Gasteiger partial charge is 0.417 e. The van der Waals surface area contributed by atoms with Gasteiger partial charge in [-0.05, 0) is 12.3 Å². The van der Waals surface area contributed by atoms with Crippen LogP contribution in [0.25, 0.3) is 0 Å². The second-order valence-electron chi connectivity index (χ2n) is 3.20. The van der Waals surface area contributed by atoms with Gasteiger partial charge >= 0.3 is 6.18 Å². The molecule has 1 rings (SSSR count). The lowest BCUT2D eigenvalue weighted by Crippen LogP contribution is -2.23. The van der Waals surface area contributed by atoms with Crippen molar-refractivity contribution in [3.05, 3.63) is 24.0 Å². The van der Waals surface area contributed by atoms with E-state index in [1.165, 1.54) is 18.0 Å². The molecule has 0 atom stereocenters. The Morgan fingerprint density at radius 1 is 1.41 bits per heavy atom. The molecule has 0 aliphatic heterocycles. The van der Waals surface area contributed by atoms with Crippen LogP contribution in [0, 0.1) is 0 Å². The number of aliphatic imine (C=N–C) groups is 1. The van der Waals surface area contributed by atoms with E-state index in [1.54, 1.807) is 25.3 Å². The Hall–Kier alpha value is -1.24. The third kappa shape index (κ3) is 3.36. The van der Waals surface area contributed by atoms with Crippen LogP contribution in [0.15, 0.2) is 23.5 Å². The summed E-state index contributed by atoms with van der Waals surface area (Å²) in [6.07, 6.45) is -0.400. The van der Waals surface area contributed by atoms with Gasteiger partial charge in [0.15, 0.2) is 5.17 Å². The van der Waals surface area contributed by atoms with Crippen LogP contribution >= 0.6 is 11.8 Å². The van der Waals surface area contributed by atoms with Crippen LogP contribution in [0.1, 0.15) is 5.56 Å². The third-order valence-corrected chi connectivity index (χ3v) is 2.92. The number of hydrogen-bond acceptors (Lipinski definition) is 3. The lowest BCUT2D eigenvalue weighted by atomic mass is 10.2. The van der Waals surface area contributed by atoms with E-state index in [0.717, 1.165) is 12.3 Å². The number of anilines is 1. The van der Waals surface area contributed by atoms with Gasteiger partial charge < -0.3 is 4.90 Å². The minimum absolute atomic E-state index is 0.356. The summed E-state index contributed by atoms with van der Waals surface area (Å²) in [5, 5.41) is 0.617. The molecule has 0 spiro atoms. The first kappa shape index (κ1) is 13.8. The van der Waals surface area contributed by atoms with Crippen LogP contribution in [-0.2, 0) is 6.18 Å². The maximum absolute atomic E-state index is 12.5. The van der Waals surface area contributed by atoms with E-state index < -0.39 is 11.7 Å². The van der Waals surface area contributed by atoms with Crippen molar-refractivity contribution in [1.29, 1.82) is 0 Å². The van der Waals surface area contributed by atoms with Crippen LogP contribution in [0.4, 0.5) is 18.9 Å². The van der Waals surface area contributed by atoms with E-state index >= 15 is 0 Å². The standard InChI is InChI=1S/C10H12F3N3S/c1-14-9(17-3)16(2)8-4-7(5-15-6-8)10(11,12)13/h4-6H,1-3H3. The molecule has 17 heavy (non-hydrogen) atoms. The summed E-state index contributed by atoms with van der Waals surface area (Å²) in [4.78, 5) is 9.13. The maximum atomic E-state index is 12.5. The highest BCUT2D eigenvalue weighted by Crippen LogP contribution is 2.30. The topological polar surface area (TPSA) is 28.5 Å². The minimum atomic E-state index is -4.38. The molecule has 1 heterocycles. The molecule has 94 valence electrons. The Morgan fingerprint density at radius 3 is 2.53 bits per heavy atom. The highest BCUT2D eigenvalue weighted by molar-refractivity contribution is 8.13. The van der Waals surface area contributed by atoms with Gasteiger partial charge in [0.2, 0.25) is 0 Å². The quantitative estimate of drug-likeness (QED) is 0.576. The molecule has 0 saturated carbocycles. The van der Waals surface area contributed by atoms with Crippen LogP contribution in [0.3, 0.4) is 0 Å². The molecule has 0 unspecified atom stereocenters. The summed E-state index contributed by atoms with van der Waals surface area (Å²) in [5.41, 5.74) is -0.409. The van der Waals surface area contributed by atoms with Gasteiger partial charge in [0.25, 0.3) is 0 Å². The van der Waals surface area contributed by atoms with Crippen LogP contribution in [0.2, 0.25) is 0 Å². The average molecular weight is 263 g/mol. The van der Waals surface area contributed by atoms with Gasteiger partial charge in [0.1, 0.15) is 0 Å². The molecule has 1 aromatic heterocycles. The van der Waals surface area contributed by atoms with Crippen molar-refractivity contribution in [2.45, 2.75) is 6.18 Å². The minimum Gasteiger partial charge on any atom is -0.323 e. The summed E-state index contributed by atoms with van der Waals surface area (Å²) < 4.78 is 37.5. The van der Waals surface area contributed by atoms with Gasteiger partial charge in [-0.2, -0.15) is 13.2 Å². The highest BCUT2D eigenvalue weighted by atomic mass is 32.2. The summed E-state index contributed by atoms with van der Waals surface area (Å²) in [6, 6.07) is 1.05. The number of thioether (sulfide) groups is 1. The zero-order chi connectivity index (χ0) is 13.1. The van der Waals surface area contributed by atoms with Crippen molar-refractivity contribution in [2.75, 3.05) is 25.3 Å². The number of nitrogens with zero attached hydrogens (tertiary/aromatic N) is 3. The third-order valence-electron chi connectivity index (χ3n) is 2.10. The fourth-order valence-corrected chi connectivity index (χ4v) is 1.82. The van der Waals surface area contributed by atoms with Gasteiger partial charge in [-0.15, -0.1) is 0 Å². The maximum Gasteiger partial charge on any atom is 0.417 e. The first-order chi connectivity index (χ1) is 7.90. The van der Waals surface area contributed by atoms with Gasteiger partial charge in [-0.3, -0.25) is 9.98 Å². The molecule has 0 aromatic carbocycles. The molecule has 0 N–H and O–H groups in total. The summed E-state index contributed by atoms with van der Waals surface area (Å²) >= 11 is 1.35. The van der Waals surface area contributed by atoms with Crippen molar-refractivity contribution in [3.63, 3.8) is 0 Å². The Kier molecular flexibility index (Phi) is 4.39. The fraction of sp³-hybridized carbons (Fsp3) is 0.400. The van der Waals surface area contributed by atoms with Crippen molar-refractivity contribution < 1.29 is 13.2 Å². The molecule has 0 amide bonds. The van der Waals surface area contributed by atoms with Gasteiger partial charge in [-0.25, -0.2) is 0 Å². The molecule has 7 heteroatoms. The number of alkyl halides is 3. The molecule has 0 saturated heterocycles. The number of aromatic nitrogens is 1. The molecule has 0 aliphatic carbocycles. The Bertz CT molecular complexity index is 418. The van der Waals surface area contributed by atoms with Gasteiger partial charge in [-0.1, -0.05) is 11.8 Å². The predicted octanol–water partition coefficient (Wildman–Crippen LogP) is 2.89. The molecule has 0 fully saturated rings. The molecule has 0 bridgehead atoms. The summed E-state index contributed by atoms with van der Waals surface area (Å²) in [6.45, 7) is 0. The Labute approximate surface area is 102 Å². The van der Waals surface area contributed by atoms with Crippen LogP contribution in [0.5, 0.6) is 0 Å².